The van der Waals surface area contributed by atoms with Crippen molar-refractivity contribution in [3.05, 3.63) is 40.5 Å². The number of halogens is 4. The van der Waals surface area contributed by atoms with E-state index in [0.29, 0.717) is 39.6 Å². The second kappa shape index (κ2) is 5.51. The molecule has 0 aliphatic heterocycles. The summed E-state index contributed by atoms with van der Waals surface area (Å²) in [5, 5.41) is 7.06. The van der Waals surface area contributed by atoms with Gasteiger partial charge in [-0.1, -0.05) is 23.7 Å². The van der Waals surface area contributed by atoms with E-state index >= 15 is 0 Å². The number of rotatable bonds is 2. The molecule has 4 aliphatic carbocycles. The molecule has 0 amide bonds. The second-order valence-corrected chi connectivity index (χ2v) is 8.96. The number of hydrogen-bond donors (Lipinski definition) is 1. The molecule has 1 heterocycles. The Kier molecular flexibility index (Phi) is 3.53. The first-order chi connectivity index (χ1) is 12.3. The van der Waals surface area contributed by atoms with Crippen LogP contribution in [0.15, 0.2) is 24.3 Å². The molecule has 2 nitrogen and oxygen atoms in total. The van der Waals surface area contributed by atoms with Crippen molar-refractivity contribution in [2.75, 3.05) is 0 Å². The van der Waals surface area contributed by atoms with Gasteiger partial charge in [0.25, 0.3) is 0 Å². The Labute approximate surface area is 155 Å². The summed E-state index contributed by atoms with van der Waals surface area (Å²) in [6.07, 6.45) is 1.74. The van der Waals surface area contributed by atoms with Gasteiger partial charge in [0.15, 0.2) is 0 Å². The van der Waals surface area contributed by atoms with Crippen molar-refractivity contribution in [1.29, 1.82) is 0 Å². The van der Waals surface area contributed by atoms with E-state index in [9.17, 15) is 13.2 Å². The van der Waals surface area contributed by atoms with E-state index in [1.165, 1.54) is 19.3 Å². The molecule has 26 heavy (non-hydrogen) atoms. The quantitative estimate of drug-likeness (QED) is 0.658. The molecule has 1 N–H and O–H groups in total. The highest BCUT2D eigenvalue weighted by molar-refractivity contribution is 6.30. The summed E-state index contributed by atoms with van der Waals surface area (Å²) in [7, 11) is 0. The lowest BCUT2D eigenvalue weighted by atomic mass is 9.47. The lowest BCUT2D eigenvalue weighted by Crippen LogP contribution is -2.49. The fourth-order valence-electron chi connectivity index (χ4n) is 6.30. The standard InChI is InChI=1S/C20H20ClF3N2/c21-15-3-1-14(2-4-15)17-16(18(26-25-17)20(22,23)24)19-8-11-5-12(9-19)7-13(6-11)10-19/h1-4,11-13H,5-10H2,(H,25,26). The second-order valence-electron chi connectivity index (χ2n) is 8.52. The third-order valence-corrected chi connectivity index (χ3v) is 6.99. The molecule has 0 radical (unpaired) electrons. The van der Waals surface area contributed by atoms with Gasteiger partial charge in [-0.05, 0) is 68.4 Å². The normalized spacial score (nSPS) is 33.0. The van der Waals surface area contributed by atoms with Crippen molar-refractivity contribution in [2.45, 2.75) is 50.1 Å². The predicted molar refractivity (Wildman–Crippen MR) is 93.9 cm³/mol. The number of H-pyrrole nitrogens is 1. The predicted octanol–water partition coefficient (Wildman–Crippen LogP) is 6.22. The van der Waals surface area contributed by atoms with Gasteiger partial charge in [0, 0.05) is 21.6 Å². The molecule has 0 unspecified atom stereocenters. The van der Waals surface area contributed by atoms with E-state index in [1.54, 1.807) is 24.3 Å². The first-order valence-corrected chi connectivity index (χ1v) is 9.64. The number of aromatic amines is 1. The van der Waals surface area contributed by atoms with Gasteiger partial charge >= 0.3 is 6.18 Å². The minimum Gasteiger partial charge on any atom is -0.273 e. The molecule has 4 aliphatic rings. The maximum absolute atomic E-state index is 13.8. The van der Waals surface area contributed by atoms with Gasteiger partial charge in [-0.3, -0.25) is 5.10 Å². The maximum Gasteiger partial charge on any atom is 0.433 e. The average molecular weight is 381 g/mol. The van der Waals surface area contributed by atoms with E-state index in [-0.39, 0.29) is 5.41 Å². The molecular formula is C20H20ClF3N2. The highest BCUT2D eigenvalue weighted by Gasteiger charge is 2.55. The summed E-state index contributed by atoms with van der Waals surface area (Å²) >= 11 is 5.96. The first-order valence-electron chi connectivity index (χ1n) is 9.26. The summed E-state index contributed by atoms with van der Waals surface area (Å²) in [4.78, 5) is 0. The highest BCUT2D eigenvalue weighted by Crippen LogP contribution is 2.62. The molecule has 138 valence electrons. The zero-order valence-corrected chi connectivity index (χ0v) is 15.0. The molecule has 1 aromatic heterocycles. The smallest absolute Gasteiger partial charge is 0.273 e. The number of aromatic nitrogens is 2. The summed E-state index contributed by atoms with van der Waals surface area (Å²) in [5.41, 5.74) is 0.528. The first kappa shape index (κ1) is 16.7. The summed E-state index contributed by atoms with van der Waals surface area (Å²) in [6, 6.07) is 6.95. The van der Waals surface area contributed by atoms with E-state index in [2.05, 4.69) is 10.2 Å². The molecule has 0 saturated heterocycles. The number of alkyl halides is 3. The van der Waals surface area contributed by atoms with Gasteiger partial charge in [-0.2, -0.15) is 18.3 Å². The van der Waals surface area contributed by atoms with Crippen LogP contribution in [0.5, 0.6) is 0 Å². The van der Waals surface area contributed by atoms with Crippen LogP contribution in [0.2, 0.25) is 5.02 Å². The van der Waals surface area contributed by atoms with Crippen molar-refractivity contribution in [3.63, 3.8) is 0 Å². The van der Waals surface area contributed by atoms with Crippen molar-refractivity contribution < 1.29 is 13.2 Å². The van der Waals surface area contributed by atoms with Crippen LogP contribution >= 0.6 is 11.6 Å². The van der Waals surface area contributed by atoms with Crippen molar-refractivity contribution in [1.82, 2.24) is 10.2 Å². The largest absolute Gasteiger partial charge is 0.433 e. The Morgan fingerprint density at radius 1 is 0.962 bits per heavy atom. The summed E-state index contributed by atoms with van der Waals surface area (Å²) in [5.74, 6) is 1.70. The van der Waals surface area contributed by atoms with Crippen LogP contribution in [0.3, 0.4) is 0 Å². The van der Waals surface area contributed by atoms with Crippen LogP contribution in [-0.4, -0.2) is 10.2 Å². The maximum atomic E-state index is 13.8. The molecule has 6 rings (SSSR count). The minimum absolute atomic E-state index is 0.387. The number of benzene rings is 1. The van der Waals surface area contributed by atoms with Crippen molar-refractivity contribution in [2.24, 2.45) is 17.8 Å². The zero-order chi connectivity index (χ0) is 18.1. The van der Waals surface area contributed by atoms with E-state index < -0.39 is 11.9 Å². The Morgan fingerprint density at radius 3 is 2.00 bits per heavy atom. The van der Waals surface area contributed by atoms with E-state index in [4.69, 9.17) is 11.6 Å². The fourth-order valence-corrected chi connectivity index (χ4v) is 6.42. The van der Waals surface area contributed by atoms with Crippen LogP contribution < -0.4 is 0 Å². The van der Waals surface area contributed by atoms with Gasteiger partial charge in [-0.25, -0.2) is 0 Å². The molecule has 6 heteroatoms. The molecule has 4 saturated carbocycles. The monoisotopic (exact) mass is 380 g/mol. The molecule has 0 atom stereocenters. The molecule has 4 fully saturated rings. The van der Waals surface area contributed by atoms with Crippen molar-refractivity contribution in [3.8, 4) is 11.3 Å². The third-order valence-electron chi connectivity index (χ3n) is 6.74. The summed E-state index contributed by atoms with van der Waals surface area (Å²) < 4.78 is 41.5. The van der Waals surface area contributed by atoms with Crippen LogP contribution in [-0.2, 0) is 11.6 Å². The van der Waals surface area contributed by atoms with Crippen LogP contribution in [0.25, 0.3) is 11.3 Å². The number of hydrogen-bond acceptors (Lipinski definition) is 1. The van der Waals surface area contributed by atoms with Gasteiger partial charge in [0.05, 0.1) is 5.69 Å². The fraction of sp³-hybridized carbons (Fsp3) is 0.550. The topological polar surface area (TPSA) is 28.7 Å². The third kappa shape index (κ3) is 2.50. The summed E-state index contributed by atoms with van der Waals surface area (Å²) in [6.45, 7) is 0. The zero-order valence-electron chi connectivity index (χ0n) is 14.2. The van der Waals surface area contributed by atoms with Crippen LogP contribution in [0, 0.1) is 17.8 Å². The van der Waals surface area contributed by atoms with Crippen LogP contribution in [0.1, 0.15) is 49.8 Å². The van der Waals surface area contributed by atoms with Gasteiger partial charge < -0.3 is 0 Å². The molecule has 2 aromatic rings. The minimum atomic E-state index is -4.42. The van der Waals surface area contributed by atoms with Gasteiger partial charge in [-0.15, -0.1) is 0 Å². The van der Waals surface area contributed by atoms with E-state index in [1.807, 2.05) is 0 Å². The molecule has 4 bridgehead atoms. The van der Waals surface area contributed by atoms with Gasteiger partial charge in [0.2, 0.25) is 0 Å². The Hall–Kier alpha value is -1.49. The highest BCUT2D eigenvalue weighted by atomic mass is 35.5. The lowest BCUT2D eigenvalue weighted by molar-refractivity contribution is -0.143. The van der Waals surface area contributed by atoms with Crippen LogP contribution in [0.4, 0.5) is 13.2 Å². The molecule has 1 aromatic carbocycles. The number of nitrogens with zero attached hydrogens (tertiary/aromatic N) is 1. The van der Waals surface area contributed by atoms with Gasteiger partial charge in [0.1, 0.15) is 5.69 Å². The molecule has 0 spiro atoms. The molecular weight excluding hydrogens is 361 g/mol. The van der Waals surface area contributed by atoms with Crippen molar-refractivity contribution >= 4 is 11.6 Å². The number of nitrogens with one attached hydrogen (secondary N) is 1. The Bertz CT molecular complexity index is 802. The Morgan fingerprint density at radius 2 is 1.50 bits per heavy atom. The SMILES string of the molecule is FC(F)(F)c1[nH]nc(-c2ccc(Cl)cc2)c1C12CC3CC(CC(C3)C1)C2. The van der Waals surface area contributed by atoms with E-state index in [0.717, 1.165) is 19.3 Å². The lowest BCUT2D eigenvalue weighted by Gasteiger charge is -2.57. The average Bonchev–Trinajstić information content (AvgIpc) is 3.00. The Balaban J connectivity index is 1.69.